The molecule has 1 saturated heterocycles. The highest BCUT2D eigenvalue weighted by atomic mass is 32.2. The quantitative estimate of drug-likeness (QED) is 0.892. The summed E-state index contributed by atoms with van der Waals surface area (Å²) >= 11 is 0. The van der Waals surface area contributed by atoms with Crippen LogP contribution < -0.4 is 0 Å². The van der Waals surface area contributed by atoms with Crippen molar-refractivity contribution in [1.82, 2.24) is 4.90 Å². The van der Waals surface area contributed by atoms with E-state index in [1.54, 1.807) is 12.1 Å². The molecule has 0 radical (unpaired) electrons. The van der Waals surface area contributed by atoms with Crippen molar-refractivity contribution in [1.29, 1.82) is 0 Å². The normalized spacial score (nSPS) is 18.5. The molecule has 1 aromatic rings. The Morgan fingerprint density at radius 2 is 1.90 bits per heavy atom. The monoisotopic (exact) mass is 297 g/mol. The van der Waals surface area contributed by atoms with Gasteiger partial charge in [0.05, 0.1) is 11.3 Å². The van der Waals surface area contributed by atoms with Crippen LogP contribution in [-0.4, -0.2) is 43.7 Å². The van der Waals surface area contributed by atoms with Crippen molar-refractivity contribution in [3.05, 3.63) is 29.8 Å². The van der Waals surface area contributed by atoms with Gasteiger partial charge in [0.1, 0.15) is 0 Å². The minimum absolute atomic E-state index is 0.175. The van der Waals surface area contributed by atoms with E-state index in [1.165, 1.54) is 6.26 Å². The molecule has 5 nitrogen and oxygen atoms in total. The molecular formula is C14H19NO4S. The van der Waals surface area contributed by atoms with Crippen LogP contribution in [0.2, 0.25) is 0 Å². The van der Waals surface area contributed by atoms with Gasteiger partial charge in [-0.25, -0.2) is 8.42 Å². The third-order valence-electron chi connectivity index (χ3n) is 3.79. The Hall–Kier alpha value is -1.40. The van der Waals surface area contributed by atoms with E-state index in [2.05, 4.69) is 4.90 Å². The molecule has 6 heteroatoms. The Morgan fingerprint density at radius 1 is 1.35 bits per heavy atom. The molecule has 2 rings (SSSR count). The Morgan fingerprint density at radius 3 is 2.35 bits per heavy atom. The number of sulfone groups is 1. The van der Waals surface area contributed by atoms with Crippen molar-refractivity contribution < 1.29 is 18.3 Å². The van der Waals surface area contributed by atoms with Crippen LogP contribution in [-0.2, 0) is 14.6 Å². The molecule has 20 heavy (non-hydrogen) atoms. The van der Waals surface area contributed by atoms with Crippen molar-refractivity contribution >= 4 is 15.8 Å². The molecule has 1 aliphatic rings. The topological polar surface area (TPSA) is 74.7 Å². The van der Waals surface area contributed by atoms with Gasteiger partial charge in [0.2, 0.25) is 0 Å². The summed E-state index contributed by atoms with van der Waals surface area (Å²) in [6.07, 6.45) is 1.41. The lowest BCUT2D eigenvalue weighted by Gasteiger charge is -2.42. The summed E-state index contributed by atoms with van der Waals surface area (Å²) in [5.41, 5.74) is 1.05. The van der Waals surface area contributed by atoms with Crippen LogP contribution in [0.5, 0.6) is 0 Å². The first-order valence-electron chi connectivity index (χ1n) is 6.53. The summed E-state index contributed by atoms with van der Waals surface area (Å²) in [6, 6.07) is 7.07. The van der Waals surface area contributed by atoms with E-state index in [4.69, 9.17) is 5.11 Å². The molecule has 1 fully saturated rings. The first-order valence-corrected chi connectivity index (χ1v) is 8.42. The Kier molecular flexibility index (Phi) is 4.15. The number of aliphatic carboxylic acids is 1. The number of carboxylic acid groups (broad SMARTS) is 1. The number of likely N-dealkylation sites (tertiary alicyclic amines) is 1. The zero-order valence-electron chi connectivity index (χ0n) is 11.6. The highest BCUT2D eigenvalue weighted by molar-refractivity contribution is 7.90. The highest BCUT2D eigenvalue weighted by Gasteiger charge is 2.32. The van der Waals surface area contributed by atoms with Crippen molar-refractivity contribution in [3.63, 3.8) is 0 Å². The smallest absolute Gasteiger partial charge is 0.303 e. The van der Waals surface area contributed by atoms with Crippen LogP contribution in [0.1, 0.15) is 24.9 Å². The summed E-state index contributed by atoms with van der Waals surface area (Å²) in [5.74, 6) is -0.523. The van der Waals surface area contributed by atoms with E-state index in [1.807, 2.05) is 19.1 Å². The van der Waals surface area contributed by atoms with Gasteiger partial charge in [0, 0.05) is 25.4 Å². The van der Waals surface area contributed by atoms with E-state index in [-0.39, 0.29) is 18.4 Å². The van der Waals surface area contributed by atoms with Gasteiger partial charge in [-0.05, 0) is 30.5 Å². The standard InChI is InChI=1S/C14H19NO4S/c1-10(15-8-11(9-15)7-14(16)17)12-3-5-13(6-4-12)20(2,18)19/h3-6,10-11H,7-9H2,1-2H3,(H,16,17). The Balaban J connectivity index is 1.98. The average molecular weight is 297 g/mol. The first kappa shape index (κ1) is 15.0. The summed E-state index contributed by atoms with van der Waals surface area (Å²) < 4.78 is 22.8. The molecule has 0 aliphatic carbocycles. The maximum Gasteiger partial charge on any atom is 0.303 e. The summed E-state index contributed by atoms with van der Waals surface area (Å²) in [4.78, 5) is 13.1. The van der Waals surface area contributed by atoms with Gasteiger partial charge in [-0.15, -0.1) is 0 Å². The highest BCUT2D eigenvalue weighted by Crippen LogP contribution is 2.30. The molecule has 0 saturated carbocycles. The second-order valence-electron chi connectivity index (χ2n) is 5.43. The van der Waals surface area contributed by atoms with Crippen molar-refractivity contribution in [3.8, 4) is 0 Å². The maximum atomic E-state index is 11.4. The fourth-order valence-electron chi connectivity index (χ4n) is 2.51. The first-order chi connectivity index (χ1) is 9.27. The van der Waals surface area contributed by atoms with Gasteiger partial charge < -0.3 is 5.11 Å². The van der Waals surface area contributed by atoms with E-state index < -0.39 is 15.8 Å². The number of carboxylic acids is 1. The van der Waals surface area contributed by atoms with Crippen LogP contribution in [0.15, 0.2) is 29.2 Å². The number of carbonyl (C=O) groups is 1. The molecule has 1 aromatic carbocycles. The predicted octanol–water partition coefficient (Wildman–Crippen LogP) is 1.56. The molecular weight excluding hydrogens is 278 g/mol. The molecule has 0 amide bonds. The van der Waals surface area contributed by atoms with Crippen LogP contribution in [0.4, 0.5) is 0 Å². The number of benzene rings is 1. The molecule has 0 spiro atoms. The average Bonchev–Trinajstić information content (AvgIpc) is 2.31. The third-order valence-corrected chi connectivity index (χ3v) is 4.92. The Bertz CT molecular complexity index is 588. The predicted molar refractivity (Wildman–Crippen MR) is 75.3 cm³/mol. The van der Waals surface area contributed by atoms with Crippen LogP contribution in [0.25, 0.3) is 0 Å². The minimum Gasteiger partial charge on any atom is -0.481 e. The van der Waals surface area contributed by atoms with E-state index in [9.17, 15) is 13.2 Å². The molecule has 1 heterocycles. The maximum absolute atomic E-state index is 11.4. The van der Waals surface area contributed by atoms with Crippen LogP contribution in [0, 0.1) is 5.92 Å². The number of hydrogen-bond acceptors (Lipinski definition) is 4. The van der Waals surface area contributed by atoms with Gasteiger partial charge in [-0.3, -0.25) is 9.69 Å². The second kappa shape index (κ2) is 5.54. The third kappa shape index (κ3) is 3.37. The largest absolute Gasteiger partial charge is 0.481 e. The number of nitrogens with zero attached hydrogens (tertiary/aromatic N) is 1. The molecule has 1 N–H and O–H groups in total. The number of rotatable bonds is 5. The van der Waals surface area contributed by atoms with Crippen molar-refractivity contribution in [2.75, 3.05) is 19.3 Å². The lowest BCUT2D eigenvalue weighted by Crippen LogP contribution is -2.48. The summed E-state index contributed by atoms with van der Waals surface area (Å²) in [6.45, 7) is 3.61. The fourth-order valence-corrected chi connectivity index (χ4v) is 3.14. The molecule has 110 valence electrons. The lowest BCUT2D eigenvalue weighted by molar-refractivity contribution is -0.139. The fraction of sp³-hybridized carbons (Fsp3) is 0.500. The zero-order chi connectivity index (χ0) is 14.9. The Labute approximate surface area is 119 Å². The summed E-state index contributed by atoms with van der Waals surface area (Å²) in [7, 11) is -3.16. The minimum atomic E-state index is -3.16. The SMILES string of the molecule is CC(c1ccc(S(C)(=O)=O)cc1)N1CC(CC(=O)O)C1. The van der Waals surface area contributed by atoms with E-state index >= 15 is 0 Å². The second-order valence-corrected chi connectivity index (χ2v) is 7.45. The van der Waals surface area contributed by atoms with Gasteiger partial charge in [0.15, 0.2) is 9.84 Å². The van der Waals surface area contributed by atoms with Crippen LogP contribution >= 0.6 is 0 Å². The zero-order valence-corrected chi connectivity index (χ0v) is 12.4. The van der Waals surface area contributed by atoms with E-state index in [0.717, 1.165) is 18.7 Å². The number of hydrogen-bond donors (Lipinski definition) is 1. The van der Waals surface area contributed by atoms with Crippen molar-refractivity contribution in [2.24, 2.45) is 5.92 Å². The molecule has 1 atom stereocenters. The molecule has 1 unspecified atom stereocenters. The van der Waals surface area contributed by atoms with Gasteiger partial charge in [-0.1, -0.05) is 12.1 Å². The molecule has 0 aromatic heterocycles. The van der Waals surface area contributed by atoms with E-state index in [0.29, 0.717) is 4.90 Å². The summed E-state index contributed by atoms with van der Waals surface area (Å²) in [5, 5.41) is 8.72. The van der Waals surface area contributed by atoms with Crippen molar-refractivity contribution in [2.45, 2.75) is 24.3 Å². The lowest BCUT2D eigenvalue weighted by atomic mass is 9.92. The molecule has 0 bridgehead atoms. The van der Waals surface area contributed by atoms with Gasteiger partial charge in [-0.2, -0.15) is 0 Å². The van der Waals surface area contributed by atoms with Gasteiger partial charge in [0.25, 0.3) is 0 Å². The van der Waals surface area contributed by atoms with Crippen LogP contribution in [0.3, 0.4) is 0 Å². The molecule has 1 aliphatic heterocycles. The van der Waals surface area contributed by atoms with Gasteiger partial charge >= 0.3 is 5.97 Å².